The predicted molar refractivity (Wildman–Crippen MR) is 89.7 cm³/mol. The van der Waals surface area contributed by atoms with Crippen LogP contribution in [-0.4, -0.2) is 14.2 Å². The van der Waals surface area contributed by atoms with Gasteiger partial charge in [-0.25, -0.2) is 0 Å². The first-order chi connectivity index (χ1) is 10.0. The zero-order valence-corrected chi connectivity index (χ0v) is 13.9. The van der Waals surface area contributed by atoms with Crippen LogP contribution in [0.5, 0.6) is 5.75 Å². The molecular weight excluding hydrogens is 305 g/mol. The molecule has 1 N–H and O–H groups in total. The molecule has 0 heterocycles. The summed E-state index contributed by atoms with van der Waals surface area (Å²) < 4.78 is 5.31. The first-order valence-electron chi connectivity index (χ1n) is 6.81. The second kappa shape index (κ2) is 7.17. The van der Waals surface area contributed by atoms with E-state index in [-0.39, 0.29) is 6.04 Å². The number of halogens is 2. The molecule has 1 atom stereocenters. The van der Waals surface area contributed by atoms with Gasteiger partial charge in [-0.1, -0.05) is 41.4 Å². The van der Waals surface area contributed by atoms with E-state index in [0.29, 0.717) is 10.0 Å². The van der Waals surface area contributed by atoms with Crippen LogP contribution in [0.15, 0.2) is 36.4 Å². The van der Waals surface area contributed by atoms with E-state index in [1.165, 1.54) is 5.56 Å². The van der Waals surface area contributed by atoms with Crippen molar-refractivity contribution in [2.24, 2.45) is 0 Å². The summed E-state index contributed by atoms with van der Waals surface area (Å²) in [5, 5.41) is 4.53. The van der Waals surface area contributed by atoms with Crippen LogP contribution in [0.2, 0.25) is 10.0 Å². The normalized spacial score (nSPS) is 12.2. The molecule has 0 aliphatic heterocycles. The van der Waals surface area contributed by atoms with Crippen LogP contribution in [0.1, 0.15) is 22.7 Å². The third-order valence-corrected chi connectivity index (χ3v) is 4.33. The summed E-state index contributed by atoms with van der Waals surface area (Å²) in [6, 6.07) is 12.2. The molecule has 2 aromatic rings. The quantitative estimate of drug-likeness (QED) is 0.852. The zero-order valence-electron chi connectivity index (χ0n) is 12.4. The fraction of sp³-hybridized carbons (Fsp3) is 0.294. The second-order valence-electron chi connectivity index (χ2n) is 5.02. The van der Waals surface area contributed by atoms with Crippen molar-refractivity contribution >= 4 is 23.2 Å². The van der Waals surface area contributed by atoms with E-state index in [1.807, 2.05) is 38.2 Å². The molecule has 0 radical (unpaired) electrons. The summed E-state index contributed by atoms with van der Waals surface area (Å²) >= 11 is 12.0. The summed E-state index contributed by atoms with van der Waals surface area (Å²) in [7, 11) is 3.65. The van der Waals surface area contributed by atoms with Gasteiger partial charge in [0.2, 0.25) is 0 Å². The van der Waals surface area contributed by atoms with Gasteiger partial charge >= 0.3 is 0 Å². The average molecular weight is 324 g/mol. The van der Waals surface area contributed by atoms with Gasteiger partial charge in [0.25, 0.3) is 0 Å². The van der Waals surface area contributed by atoms with Gasteiger partial charge in [0.1, 0.15) is 5.75 Å². The van der Waals surface area contributed by atoms with Crippen LogP contribution < -0.4 is 10.1 Å². The largest absolute Gasteiger partial charge is 0.496 e. The van der Waals surface area contributed by atoms with Gasteiger partial charge in [-0.05, 0) is 55.3 Å². The van der Waals surface area contributed by atoms with Gasteiger partial charge in [-0.15, -0.1) is 0 Å². The number of likely N-dealkylation sites (N-methyl/N-ethyl adjacent to an activating group) is 1. The number of rotatable bonds is 5. The average Bonchev–Trinajstić information content (AvgIpc) is 2.48. The Morgan fingerprint density at radius 1 is 1.10 bits per heavy atom. The molecule has 0 bridgehead atoms. The molecule has 0 saturated carbocycles. The SMILES string of the molecule is CNC(Cc1ccc(Cl)c(Cl)c1)c1ccc(OC)c(C)c1. The molecule has 1 unspecified atom stereocenters. The van der Waals surface area contributed by atoms with Crippen molar-refractivity contribution in [3.05, 3.63) is 63.1 Å². The molecule has 0 fully saturated rings. The highest BCUT2D eigenvalue weighted by Gasteiger charge is 2.12. The van der Waals surface area contributed by atoms with E-state index in [2.05, 4.69) is 17.4 Å². The Kier molecular flexibility index (Phi) is 5.51. The maximum absolute atomic E-state index is 6.08. The molecular formula is C17H19Cl2NO. The highest BCUT2D eigenvalue weighted by atomic mass is 35.5. The molecule has 0 saturated heterocycles. The van der Waals surface area contributed by atoms with Crippen molar-refractivity contribution < 1.29 is 4.74 Å². The monoisotopic (exact) mass is 323 g/mol. The third-order valence-electron chi connectivity index (χ3n) is 3.59. The van der Waals surface area contributed by atoms with E-state index in [4.69, 9.17) is 27.9 Å². The van der Waals surface area contributed by atoms with Gasteiger partial charge in [0.15, 0.2) is 0 Å². The molecule has 2 aromatic carbocycles. The summed E-state index contributed by atoms with van der Waals surface area (Å²) in [6.45, 7) is 2.05. The molecule has 2 nitrogen and oxygen atoms in total. The second-order valence-corrected chi connectivity index (χ2v) is 5.84. The van der Waals surface area contributed by atoms with Gasteiger partial charge in [-0.3, -0.25) is 0 Å². The fourth-order valence-electron chi connectivity index (χ4n) is 2.41. The number of hydrogen-bond donors (Lipinski definition) is 1. The number of methoxy groups -OCH3 is 1. The van der Waals surface area contributed by atoms with Gasteiger partial charge in [0.05, 0.1) is 17.2 Å². The lowest BCUT2D eigenvalue weighted by Crippen LogP contribution is -2.19. The molecule has 112 valence electrons. The molecule has 0 amide bonds. The molecule has 0 aromatic heterocycles. The smallest absolute Gasteiger partial charge is 0.121 e. The maximum Gasteiger partial charge on any atom is 0.121 e. The molecule has 21 heavy (non-hydrogen) atoms. The van der Waals surface area contributed by atoms with Crippen LogP contribution in [0.3, 0.4) is 0 Å². The van der Waals surface area contributed by atoms with Crippen molar-refractivity contribution in [3.63, 3.8) is 0 Å². The zero-order chi connectivity index (χ0) is 15.4. The third kappa shape index (κ3) is 3.91. The van der Waals surface area contributed by atoms with Crippen LogP contribution in [0.25, 0.3) is 0 Å². The number of benzene rings is 2. The molecule has 2 rings (SSSR count). The standard InChI is InChI=1S/C17H19Cl2NO/c1-11-8-13(5-7-17(11)21-3)16(20-2)10-12-4-6-14(18)15(19)9-12/h4-9,16,20H,10H2,1-3H3. The highest BCUT2D eigenvalue weighted by Crippen LogP contribution is 2.27. The number of nitrogens with one attached hydrogen (secondary N) is 1. The van der Waals surface area contributed by atoms with Crippen LogP contribution in [-0.2, 0) is 6.42 Å². The fourth-order valence-corrected chi connectivity index (χ4v) is 2.73. The Bertz CT molecular complexity index is 628. The number of aryl methyl sites for hydroxylation is 1. The highest BCUT2D eigenvalue weighted by molar-refractivity contribution is 6.42. The Morgan fingerprint density at radius 2 is 1.86 bits per heavy atom. The van der Waals surface area contributed by atoms with E-state index >= 15 is 0 Å². The topological polar surface area (TPSA) is 21.3 Å². The van der Waals surface area contributed by atoms with Crippen molar-refractivity contribution in [2.75, 3.05) is 14.2 Å². The lowest BCUT2D eigenvalue weighted by atomic mass is 9.97. The lowest BCUT2D eigenvalue weighted by Gasteiger charge is -2.18. The van der Waals surface area contributed by atoms with Crippen molar-refractivity contribution in [3.8, 4) is 5.75 Å². The summed E-state index contributed by atoms with van der Waals surface area (Å²) in [4.78, 5) is 0. The molecule has 0 spiro atoms. The first kappa shape index (κ1) is 16.2. The van der Waals surface area contributed by atoms with Crippen molar-refractivity contribution in [2.45, 2.75) is 19.4 Å². The minimum Gasteiger partial charge on any atom is -0.496 e. The van der Waals surface area contributed by atoms with Crippen LogP contribution >= 0.6 is 23.2 Å². The maximum atomic E-state index is 6.08. The van der Waals surface area contributed by atoms with E-state index in [0.717, 1.165) is 23.3 Å². The van der Waals surface area contributed by atoms with E-state index in [1.54, 1.807) is 7.11 Å². The Hall–Kier alpha value is -1.22. The minimum absolute atomic E-state index is 0.215. The predicted octanol–water partition coefficient (Wildman–Crippen LogP) is 4.81. The van der Waals surface area contributed by atoms with Gasteiger partial charge in [-0.2, -0.15) is 0 Å². The van der Waals surface area contributed by atoms with Crippen LogP contribution in [0.4, 0.5) is 0 Å². The molecule has 4 heteroatoms. The molecule has 0 aliphatic carbocycles. The van der Waals surface area contributed by atoms with Crippen molar-refractivity contribution in [1.29, 1.82) is 0 Å². The van der Waals surface area contributed by atoms with Gasteiger partial charge < -0.3 is 10.1 Å². The lowest BCUT2D eigenvalue weighted by molar-refractivity contribution is 0.411. The summed E-state index contributed by atoms with van der Waals surface area (Å²) in [6.07, 6.45) is 0.846. The number of hydrogen-bond acceptors (Lipinski definition) is 2. The van der Waals surface area contributed by atoms with E-state index < -0.39 is 0 Å². The van der Waals surface area contributed by atoms with Crippen molar-refractivity contribution in [1.82, 2.24) is 5.32 Å². The minimum atomic E-state index is 0.215. The van der Waals surface area contributed by atoms with Gasteiger partial charge in [0, 0.05) is 6.04 Å². The van der Waals surface area contributed by atoms with E-state index in [9.17, 15) is 0 Å². The first-order valence-corrected chi connectivity index (χ1v) is 7.56. The molecule has 0 aliphatic rings. The Balaban J connectivity index is 2.23. The summed E-state index contributed by atoms with van der Waals surface area (Å²) in [5.74, 6) is 0.906. The Morgan fingerprint density at radius 3 is 2.43 bits per heavy atom. The Labute approximate surface area is 136 Å². The van der Waals surface area contributed by atoms with Crippen LogP contribution in [0, 0.1) is 6.92 Å². The summed E-state index contributed by atoms with van der Waals surface area (Å²) in [5.41, 5.74) is 3.50. The number of ether oxygens (including phenoxy) is 1.